The Morgan fingerprint density at radius 2 is 2.20 bits per heavy atom. The molecule has 1 aromatic rings. The summed E-state index contributed by atoms with van der Waals surface area (Å²) >= 11 is 0. The molecule has 1 aromatic heterocycles. The number of likely N-dealkylation sites (N-methyl/N-ethyl adjacent to an activating group) is 1. The van der Waals surface area contributed by atoms with Crippen LogP contribution in [-0.4, -0.2) is 34.5 Å². The van der Waals surface area contributed by atoms with Gasteiger partial charge < -0.3 is 9.47 Å². The summed E-state index contributed by atoms with van der Waals surface area (Å²) in [7, 11) is 3.57. The summed E-state index contributed by atoms with van der Waals surface area (Å²) in [6.07, 6.45) is 6.38. The van der Waals surface area contributed by atoms with Crippen molar-refractivity contribution in [3.63, 3.8) is 0 Å². The van der Waals surface area contributed by atoms with Crippen molar-refractivity contribution in [1.29, 1.82) is 0 Å². The van der Waals surface area contributed by atoms with Crippen molar-refractivity contribution in [3.8, 4) is 0 Å². The van der Waals surface area contributed by atoms with Crippen molar-refractivity contribution in [3.05, 3.63) is 17.7 Å². The third-order valence-corrected chi connectivity index (χ3v) is 2.91. The van der Waals surface area contributed by atoms with Crippen LogP contribution >= 0.6 is 0 Å². The van der Waals surface area contributed by atoms with Gasteiger partial charge in [0.2, 0.25) is 5.91 Å². The third kappa shape index (κ3) is 2.03. The highest BCUT2D eigenvalue weighted by atomic mass is 16.2. The van der Waals surface area contributed by atoms with Crippen LogP contribution in [0.1, 0.15) is 24.2 Å². The molecule has 1 heterocycles. The molecule has 2 rings (SSSR count). The minimum Gasteiger partial charge on any atom is -0.347 e. The van der Waals surface area contributed by atoms with Crippen molar-refractivity contribution in [2.75, 3.05) is 14.1 Å². The number of carbonyl (C=O) groups excluding carboxylic acids is 1. The van der Waals surface area contributed by atoms with Gasteiger partial charge in [0.05, 0.1) is 12.0 Å². The van der Waals surface area contributed by atoms with E-state index >= 15 is 0 Å². The zero-order valence-corrected chi connectivity index (χ0v) is 9.36. The Bertz CT molecular complexity index is 368. The Hall–Kier alpha value is -1.32. The van der Waals surface area contributed by atoms with Crippen LogP contribution < -0.4 is 0 Å². The molecular formula is C11H17N3O. The number of hydrogen-bond donors (Lipinski definition) is 0. The highest BCUT2D eigenvalue weighted by Crippen LogP contribution is 2.19. The molecule has 0 aliphatic heterocycles. The molecule has 1 aliphatic carbocycles. The first-order valence-corrected chi connectivity index (χ1v) is 5.41. The molecule has 0 saturated carbocycles. The summed E-state index contributed by atoms with van der Waals surface area (Å²) in [5.41, 5.74) is 2.45. The smallest absolute Gasteiger partial charge is 0.242 e. The Kier molecular flexibility index (Phi) is 2.75. The Morgan fingerprint density at radius 1 is 1.47 bits per heavy atom. The van der Waals surface area contributed by atoms with Crippen LogP contribution in [0.25, 0.3) is 0 Å². The van der Waals surface area contributed by atoms with E-state index in [2.05, 4.69) is 4.98 Å². The van der Waals surface area contributed by atoms with Crippen molar-refractivity contribution < 1.29 is 4.79 Å². The standard InChI is InChI=1S/C11H17N3O/c1-13(2)11(15)7-14-8-12-9-5-3-4-6-10(9)14/h8H,3-7H2,1-2H3. The van der Waals surface area contributed by atoms with Crippen molar-refractivity contribution in [2.45, 2.75) is 32.2 Å². The lowest BCUT2D eigenvalue weighted by atomic mass is 10.0. The normalized spacial score (nSPS) is 14.8. The van der Waals surface area contributed by atoms with Crippen LogP contribution in [0.4, 0.5) is 0 Å². The highest BCUT2D eigenvalue weighted by molar-refractivity contribution is 5.75. The largest absolute Gasteiger partial charge is 0.347 e. The maximum atomic E-state index is 11.6. The number of carbonyl (C=O) groups is 1. The molecule has 1 amide bonds. The second kappa shape index (κ2) is 4.04. The molecule has 0 radical (unpaired) electrons. The predicted molar refractivity (Wildman–Crippen MR) is 57.6 cm³/mol. The van der Waals surface area contributed by atoms with Crippen molar-refractivity contribution >= 4 is 5.91 Å². The van der Waals surface area contributed by atoms with Gasteiger partial charge in [0.25, 0.3) is 0 Å². The van der Waals surface area contributed by atoms with E-state index in [4.69, 9.17) is 0 Å². The Labute approximate surface area is 89.9 Å². The van der Waals surface area contributed by atoms with Crippen LogP contribution in [0, 0.1) is 0 Å². The summed E-state index contributed by atoms with van der Waals surface area (Å²) in [4.78, 5) is 17.6. The number of amides is 1. The van der Waals surface area contributed by atoms with Gasteiger partial charge in [-0.05, 0) is 25.7 Å². The van der Waals surface area contributed by atoms with Crippen LogP contribution in [0.3, 0.4) is 0 Å². The molecule has 0 unspecified atom stereocenters. The maximum Gasteiger partial charge on any atom is 0.242 e. The molecule has 0 N–H and O–H groups in total. The fraction of sp³-hybridized carbons (Fsp3) is 0.636. The molecule has 0 fully saturated rings. The van der Waals surface area contributed by atoms with Gasteiger partial charge >= 0.3 is 0 Å². The van der Waals surface area contributed by atoms with Crippen molar-refractivity contribution in [2.24, 2.45) is 0 Å². The predicted octanol–water partition coefficient (Wildman–Crippen LogP) is 0.850. The number of hydrogen-bond acceptors (Lipinski definition) is 2. The summed E-state index contributed by atoms with van der Waals surface area (Å²) in [5, 5.41) is 0. The second-order valence-electron chi connectivity index (χ2n) is 4.26. The van der Waals surface area contributed by atoms with Crippen LogP contribution in [0.15, 0.2) is 6.33 Å². The average Bonchev–Trinajstić information content (AvgIpc) is 2.62. The molecule has 0 atom stereocenters. The van der Waals surface area contributed by atoms with Crippen LogP contribution in [-0.2, 0) is 24.2 Å². The molecule has 1 aliphatic rings. The van der Waals surface area contributed by atoms with Gasteiger partial charge in [-0.2, -0.15) is 0 Å². The molecular weight excluding hydrogens is 190 g/mol. The zero-order valence-electron chi connectivity index (χ0n) is 9.36. The number of aromatic nitrogens is 2. The van der Waals surface area contributed by atoms with Gasteiger partial charge in [0.1, 0.15) is 6.54 Å². The zero-order chi connectivity index (χ0) is 10.8. The van der Waals surface area contributed by atoms with E-state index in [0.29, 0.717) is 6.54 Å². The monoisotopic (exact) mass is 207 g/mol. The second-order valence-corrected chi connectivity index (χ2v) is 4.26. The quantitative estimate of drug-likeness (QED) is 0.721. The average molecular weight is 207 g/mol. The van der Waals surface area contributed by atoms with E-state index in [1.807, 2.05) is 4.57 Å². The van der Waals surface area contributed by atoms with Gasteiger partial charge in [-0.3, -0.25) is 4.79 Å². The first-order chi connectivity index (χ1) is 7.18. The molecule has 0 saturated heterocycles. The summed E-state index contributed by atoms with van der Waals surface area (Å²) < 4.78 is 2.00. The lowest BCUT2D eigenvalue weighted by Crippen LogP contribution is -2.27. The first kappa shape index (κ1) is 10.2. The van der Waals surface area contributed by atoms with Gasteiger partial charge in [0, 0.05) is 19.8 Å². The van der Waals surface area contributed by atoms with Crippen LogP contribution in [0.5, 0.6) is 0 Å². The summed E-state index contributed by atoms with van der Waals surface area (Å²) in [6.45, 7) is 0.426. The Balaban J connectivity index is 2.15. The molecule has 4 nitrogen and oxygen atoms in total. The molecule has 0 bridgehead atoms. The summed E-state index contributed by atoms with van der Waals surface area (Å²) in [5.74, 6) is 0.126. The van der Waals surface area contributed by atoms with E-state index in [0.717, 1.165) is 12.8 Å². The molecule has 0 aromatic carbocycles. The topological polar surface area (TPSA) is 38.1 Å². The molecule has 4 heteroatoms. The number of fused-ring (bicyclic) bond motifs is 1. The van der Waals surface area contributed by atoms with E-state index < -0.39 is 0 Å². The summed E-state index contributed by atoms with van der Waals surface area (Å²) in [6, 6.07) is 0. The van der Waals surface area contributed by atoms with Gasteiger partial charge in [-0.15, -0.1) is 0 Å². The van der Waals surface area contributed by atoms with Gasteiger partial charge in [-0.25, -0.2) is 4.98 Å². The SMILES string of the molecule is CN(C)C(=O)Cn1cnc2c1CCCC2. The van der Waals surface area contributed by atoms with E-state index in [9.17, 15) is 4.79 Å². The minimum atomic E-state index is 0.126. The fourth-order valence-electron chi connectivity index (χ4n) is 1.95. The van der Waals surface area contributed by atoms with Gasteiger partial charge in [0.15, 0.2) is 0 Å². The first-order valence-electron chi connectivity index (χ1n) is 5.41. The van der Waals surface area contributed by atoms with E-state index in [1.165, 1.54) is 24.2 Å². The Morgan fingerprint density at radius 3 is 2.93 bits per heavy atom. The number of aryl methyl sites for hydroxylation is 1. The number of imidazole rings is 1. The lowest BCUT2D eigenvalue weighted by molar-refractivity contribution is -0.129. The van der Waals surface area contributed by atoms with Crippen molar-refractivity contribution in [1.82, 2.24) is 14.5 Å². The molecule has 15 heavy (non-hydrogen) atoms. The highest BCUT2D eigenvalue weighted by Gasteiger charge is 2.16. The maximum absolute atomic E-state index is 11.6. The number of nitrogens with zero attached hydrogens (tertiary/aromatic N) is 3. The number of rotatable bonds is 2. The van der Waals surface area contributed by atoms with E-state index in [1.54, 1.807) is 25.3 Å². The molecule has 0 spiro atoms. The molecule has 82 valence electrons. The fourth-order valence-corrected chi connectivity index (χ4v) is 1.95. The third-order valence-electron chi connectivity index (χ3n) is 2.91. The minimum absolute atomic E-state index is 0.126. The lowest BCUT2D eigenvalue weighted by Gasteiger charge is -2.15. The van der Waals surface area contributed by atoms with Crippen LogP contribution in [0.2, 0.25) is 0 Å². The van der Waals surface area contributed by atoms with Gasteiger partial charge in [-0.1, -0.05) is 0 Å². The van der Waals surface area contributed by atoms with E-state index in [-0.39, 0.29) is 5.91 Å².